The van der Waals surface area contributed by atoms with Gasteiger partial charge in [-0.05, 0) is 54.4 Å². The Balaban J connectivity index is 1.32. The molecular weight excluding hydrogens is 452 g/mol. The van der Waals surface area contributed by atoms with Crippen LogP contribution in [0.25, 0.3) is 0 Å². The lowest BCUT2D eigenvalue weighted by molar-refractivity contribution is -0.116. The molecule has 184 valence electrons. The zero-order valence-corrected chi connectivity index (χ0v) is 20.8. The largest absolute Gasteiger partial charge is 0.378 e. The second kappa shape index (κ2) is 10.8. The van der Waals surface area contributed by atoms with Crippen molar-refractivity contribution in [1.82, 2.24) is 4.31 Å². The molecule has 2 aliphatic rings. The van der Waals surface area contributed by atoms with Crippen LogP contribution in [0.5, 0.6) is 0 Å². The molecule has 2 aliphatic heterocycles. The van der Waals surface area contributed by atoms with Gasteiger partial charge in [-0.3, -0.25) is 4.79 Å². The molecular formula is C25H34N4O4S. The fourth-order valence-electron chi connectivity index (χ4n) is 4.59. The van der Waals surface area contributed by atoms with Crippen molar-refractivity contribution in [3.05, 3.63) is 48.0 Å². The molecule has 1 N–H and O–H groups in total. The minimum atomic E-state index is -3.47. The summed E-state index contributed by atoms with van der Waals surface area (Å²) in [5, 5.41) is 2.98. The van der Waals surface area contributed by atoms with E-state index in [9.17, 15) is 13.2 Å². The van der Waals surface area contributed by atoms with Crippen LogP contribution in [0.3, 0.4) is 0 Å². The van der Waals surface area contributed by atoms with Crippen LogP contribution in [0.2, 0.25) is 0 Å². The molecule has 0 atom stereocenters. The summed E-state index contributed by atoms with van der Waals surface area (Å²) in [7, 11) is -3.47. The van der Waals surface area contributed by atoms with E-state index in [1.54, 1.807) is 12.1 Å². The molecule has 0 spiro atoms. The molecule has 0 radical (unpaired) electrons. The molecule has 1 saturated heterocycles. The molecule has 8 nitrogen and oxygen atoms in total. The van der Waals surface area contributed by atoms with Gasteiger partial charge in [0.1, 0.15) is 0 Å². The summed E-state index contributed by atoms with van der Waals surface area (Å²) < 4.78 is 32.5. The monoisotopic (exact) mass is 486 g/mol. The summed E-state index contributed by atoms with van der Waals surface area (Å²) in [5.74, 6) is -0.0340. The number of rotatable bonds is 9. The lowest BCUT2D eigenvalue weighted by Gasteiger charge is -2.28. The highest BCUT2D eigenvalue weighted by atomic mass is 32.2. The number of ether oxygens (including phenoxy) is 1. The van der Waals surface area contributed by atoms with Gasteiger partial charge in [0, 0.05) is 62.8 Å². The van der Waals surface area contributed by atoms with Gasteiger partial charge in [-0.25, -0.2) is 8.42 Å². The highest BCUT2D eigenvalue weighted by Crippen LogP contribution is 2.31. The number of sulfonamides is 1. The number of nitrogens with zero attached hydrogens (tertiary/aromatic N) is 3. The van der Waals surface area contributed by atoms with Crippen LogP contribution in [-0.4, -0.2) is 71.1 Å². The maximum Gasteiger partial charge on any atom is 0.243 e. The van der Waals surface area contributed by atoms with Gasteiger partial charge >= 0.3 is 0 Å². The molecule has 2 heterocycles. The van der Waals surface area contributed by atoms with Crippen molar-refractivity contribution in [1.29, 1.82) is 0 Å². The molecule has 34 heavy (non-hydrogen) atoms. The van der Waals surface area contributed by atoms with E-state index < -0.39 is 10.0 Å². The second-order valence-corrected chi connectivity index (χ2v) is 10.5. The average Bonchev–Trinajstić information content (AvgIpc) is 3.27. The first kappa shape index (κ1) is 24.5. The topological polar surface area (TPSA) is 82.2 Å². The number of anilines is 3. The van der Waals surface area contributed by atoms with E-state index in [0.717, 1.165) is 61.9 Å². The predicted octanol–water partition coefficient (Wildman–Crippen LogP) is 2.95. The first-order valence-electron chi connectivity index (χ1n) is 12.0. The van der Waals surface area contributed by atoms with E-state index in [-0.39, 0.29) is 5.91 Å². The van der Waals surface area contributed by atoms with Crippen molar-refractivity contribution in [3.8, 4) is 0 Å². The van der Waals surface area contributed by atoms with Crippen molar-refractivity contribution >= 4 is 33.0 Å². The number of nitrogens with one attached hydrogen (secondary N) is 1. The molecule has 1 amide bonds. The molecule has 9 heteroatoms. The first-order chi connectivity index (χ1) is 16.4. The quantitative estimate of drug-likeness (QED) is 0.587. The molecule has 2 aromatic rings. The Kier molecular flexibility index (Phi) is 7.75. The Bertz CT molecular complexity index is 1090. The summed E-state index contributed by atoms with van der Waals surface area (Å²) in [5.41, 5.74) is 3.96. The van der Waals surface area contributed by atoms with Crippen LogP contribution >= 0.6 is 0 Å². The highest BCUT2D eigenvalue weighted by Gasteiger charge is 2.26. The zero-order valence-electron chi connectivity index (χ0n) is 20.0. The molecule has 0 saturated carbocycles. The van der Waals surface area contributed by atoms with Crippen molar-refractivity contribution < 1.29 is 17.9 Å². The summed E-state index contributed by atoms with van der Waals surface area (Å²) in [6.07, 6.45) is 1.14. The Morgan fingerprint density at radius 1 is 1.03 bits per heavy atom. The third-order valence-corrected chi connectivity index (χ3v) is 8.57. The van der Waals surface area contributed by atoms with E-state index in [1.807, 2.05) is 44.2 Å². The Hall–Kier alpha value is -2.62. The molecule has 1 fully saturated rings. The van der Waals surface area contributed by atoms with Crippen LogP contribution in [0.4, 0.5) is 17.1 Å². The smallest absolute Gasteiger partial charge is 0.243 e. The van der Waals surface area contributed by atoms with Crippen LogP contribution in [0.15, 0.2) is 47.4 Å². The van der Waals surface area contributed by atoms with Crippen LogP contribution in [-0.2, 0) is 26.0 Å². The third-order valence-electron chi connectivity index (χ3n) is 6.52. The van der Waals surface area contributed by atoms with Gasteiger partial charge in [-0.15, -0.1) is 0 Å². The fraction of sp³-hybridized carbons (Fsp3) is 0.480. The van der Waals surface area contributed by atoms with Gasteiger partial charge in [-0.1, -0.05) is 13.8 Å². The maximum atomic E-state index is 12.8. The average molecular weight is 487 g/mol. The molecule has 2 aromatic carbocycles. The SMILES string of the molecule is CCN(CC)S(=O)(=O)c1ccc2c(c1)CCN2CCC(=O)Nc1ccc(N2CCOCC2)cc1. The lowest BCUT2D eigenvalue weighted by atomic mass is 10.2. The number of carbonyl (C=O) groups is 1. The van der Waals surface area contributed by atoms with Crippen molar-refractivity contribution in [2.75, 3.05) is 67.6 Å². The Labute approximate surface area is 202 Å². The lowest BCUT2D eigenvalue weighted by Crippen LogP contribution is -2.36. The highest BCUT2D eigenvalue weighted by molar-refractivity contribution is 7.89. The van der Waals surface area contributed by atoms with Crippen molar-refractivity contribution in [3.63, 3.8) is 0 Å². The van der Waals surface area contributed by atoms with Gasteiger partial charge in [0.2, 0.25) is 15.9 Å². The number of morpholine rings is 1. The van der Waals surface area contributed by atoms with E-state index in [0.29, 0.717) is 31.0 Å². The normalized spacial score (nSPS) is 16.1. The maximum absolute atomic E-state index is 12.8. The summed E-state index contributed by atoms with van der Waals surface area (Å²) in [4.78, 5) is 17.3. The van der Waals surface area contributed by atoms with Crippen molar-refractivity contribution in [2.45, 2.75) is 31.6 Å². The fourth-order valence-corrected chi connectivity index (χ4v) is 6.10. The number of amides is 1. The third kappa shape index (κ3) is 5.37. The van der Waals surface area contributed by atoms with Gasteiger partial charge in [0.05, 0.1) is 18.1 Å². The predicted molar refractivity (Wildman–Crippen MR) is 135 cm³/mol. The van der Waals surface area contributed by atoms with Crippen molar-refractivity contribution in [2.24, 2.45) is 0 Å². The van der Waals surface area contributed by atoms with Gasteiger partial charge in [-0.2, -0.15) is 4.31 Å². The first-order valence-corrected chi connectivity index (χ1v) is 13.5. The summed E-state index contributed by atoms with van der Waals surface area (Å²) >= 11 is 0. The number of hydrogen-bond acceptors (Lipinski definition) is 6. The molecule has 0 aliphatic carbocycles. The molecule has 0 aromatic heterocycles. The number of fused-ring (bicyclic) bond motifs is 1. The second-order valence-electron chi connectivity index (χ2n) is 8.56. The Morgan fingerprint density at radius 2 is 1.74 bits per heavy atom. The summed E-state index contributed by atoms with van der Waals surface area (Å²) in [6.45, 7) is 9.21. The zero-order chi connectivity index (χ0) is 24.1. The van der Waals surface area contributed by atoms with E-state index in [2.05, 4.69) is 15.1 Å². The number of carbonyl (C=O) groups excluding carboxylic acids is 1. The van der Waals surface area contributed by atoms with E-state index >= 15 is 0 Å². The summed E-state index contributed by atoms with van der Waals surface area (Å²) in [6, 6.07) is 13.3. The minimum absolute atomic E-state index is 0.0340. The molecule has 0 bridgehead atoms. The molecule has 0 unspecified atom stereocenters. The van der Waals surface area contributed by atoms with Gasteiger partial charge in [0.15, 0.2) is 0 Å². The number of hydrogen-bond donors (Lipinski definition) is 1. The van der Waals surface area contributed by atoms with Gasteiger partial charge < -0.3 is 19.9 Å². The molecule has 4 rings (SSSR count). The van der Waals surface area contributed by atoms with Crippen LogP contribution < -0.4 is 15.1 Å². The van der Waals surface area contributed by atoms with Crippen LogP contribution in [0.1, 0.15) is 25.8 Å². The van der Waals surface area contributed by atoms with Gasteiger partial charge in [0.25, 0.3) is 0 Å². The van der Waals surface area contributed by atoms with E-state index in [1.165, 1.54) is 4.31 Å². The standard InChI is InChI=1S/C25H34N4O4S/c1-3-29(4-2)34(31,32)23-9-10-24-20(19-23)11-13-28(24)14-12-25(30)26-21-5-7-22(8-6-21)27-15-17-33-18-16-27/h5-10,19H,3-4,11-18H2,1-2H3,(H,26,30). The van der Waals surface area contributed by atoms with Crippen LogP contribution in [0, 0.1) is 0 Å². The van der Waals surface area contributed by atoms with E-state index in [4.69, 9.17) is 4.74 Å². The Morgan fingerprint density at radius 3 is 2.41 bits per heavy atom. The minimum Gasteiger partial charge on any atom is -0.378 e. The number of benzene rings is 2.